The highest BCUT2D eigenvalue weighted by molar-refractivity contribution is 5.92. The smallest absolute Gasteiger partial charge is 0.255 e. The second kappa shape index (κ2) is 5.46. The first-order valence-corrected chi connectivity index (χ1v) is 6.98. The lowest BCUT2D eigenvalue weighted by molar-refractivity contribution is -0.175. The molecule has 0 spiro atoms. The monoisotopic (exact) mass is 290 g/mol. The van der Waals surface area contributed by atoms with E-state index in [4.69, 9.17) is 9.47 Å². The number of likely N-dealkylation sites (N-methyl/N-ethyl adjacent to an activating group) is 1. The molecule has 4 atom stereocenters. The number of hydrogen-bond donors (Lipinski definition) is 1. The number of morpholine rings is 1. The molecule has 112 valence electrons. The van der Waals surface area contributed by atoms with E-state index < -0.39 is 18.5 Å². The van der Waals surface area contributed by atoms with Crippen LogP contribution in [0.1, 0.15) is 12.5 Å². The highest BCUT2D eigenvalue weighted by Gasteiger charge is 2.53. The molecule has 2 bridgehead atoms. The quantitative estimate of drug-likeness (QED) is 0.868. The van der Waals surface area contributed by atoms with Crippen LogP contribution >= 0.6 is 0 Å². The average Bonchev–Trinajstić information content (AvgIpc) is 2.92. The summed E-state index contributed by atoms with van der Waals surface area (Å²) < 4.78 is 11.1. The van der Waals surface area contributed by atoms with E-state index in [1.54, 1.807) is 4.90 Å². The summed E-state index contributed by atoms with van der Waals surface area (Å²) in [6.45, 7) is 2.36. The summed E-state index contributed by atoms with van der Waals surface area (Å²) in [7, 11) is 1.52. The Hall–Kier alpha value is -1.92. The van der Waals surface area contributed by atoms with E-state index in [1.807, 2.05) is 37.3 Å². The molecule has 2 aliphatic rings. The van der Waals surface area contributed by atoms with E-state index in [1.165, 1.54) is 7.05 Å². The van der Waals surface area contributed by atoms with Gasteiger partial charge in [0.25, 0.3) is 11.8 Å². The predicted octanol–water partition coefficient (Wildman–Crippen LogP) is 0.273. The van der Waals surface area contributed by atoms with Crippen molar-refractivity contribution in [3.05, 3.63) is 35.9 Å². The number of amides is 2. The largest absolute Gasteiger partial charge is 0.357 e. The van der Waals surface area contributed by atoms with Crippen LogP contribution in [0.4, 0.5) is 0 Å². The third kappa shape index (κ3) is 2.41. The van der Waals surface area contributed by atoms with Gasteiger partial charge in [0.2, 0.25) is 0 Å². The highest BCUT2D eigenvalue weighted by atomic mass is 16.7. The molecule has 1 aromatic carbocycles. The van der Waals surface area contributed by atoms with Gasteiger partial charge in [-0.3, -0.25) is 9.59 Å². The summed E-state index contributed by atoms with van der Waals surface area (Å²) in [4.78, 5) is 26.1. The molecule has 6 heteroatoms. The summed E-state index contributed by atoms with van der Waals surface area (Å²) in [5, 5.41) is 2.50. The van der Waals surface area contributed by atoms with Crippen molar-refractivity contribution in [3.8, 4) is 0 Å². The number of hydrogen-bond acceptors (Lipinski definition) is 4. The van der Waals surface area contributed by atoms with E-state index in [9.17, 15) is 9.59 Å². The maximum Gasteiger partial charge on any atom is 0.255 e. The highest BCUT2D eigenvalue weighted by Crippen LogP contribution is 2.32. The molecule has 3 rings (SSSR count). The molecular formula is C15H18N2O4. The van der Waals surface area contributed by atoms with Crippen LogP contribution in [-0.2, 0) is 25.6 Å². The molecule has 6 nitrogen and oxygen atoms in total. The standard InChI is InChI=1S/C15H18N2O4/c1-9-15-20-11(13(18)16-2)12(21-15)14(19)17(9)8-10-6-4-3-5-7-10/h3-7,9,11-12,15H,8H2,1-2H3,(H,16,18)/t9-,11+,12+,15+/m0/s1. The van der Waals surface area contributed by atoms with E-state index in [-0.39, 0.29) is 17.9 Å². The number of nitrogens with one attached hydrogen (secondary N) is 1. The third-order valence-corrected chi connectivity index (χ3v) is 3.95. The SMILES string of the molecule is CNC(=O)[C@@H]1O[C@@H]2O[C@H]1C(=O)N(Cc1ccccc1)[C@H]2C. The Labute approximate surface area is 123 Å². The van der Waals surface area contributed by atoms with Gasteiger partial charge in [-0.05, 0) is 12.5 Å². The fraction of sp³-hybridized carbons (Fsp3) is 0.467. The van der Waals surface area contributed by atoms with Gasteiger partial charge in [0.05, 0.1) is 6.04 Å². The zero-order valence-electron chi connectivity index (χ0n) is 12.0. The van der Waals surface area contributed by atoms with Crippen LogP contribution in [0.15, 0.2) is 30.3 Å². The first-order chi connectivity index (χ1) is 10.1. The van der Waals surface area contributed by atoms with Gasteiger partial charge >= 0.3 is 0 Å². The van der Waals surface area contributed by atoms with Crippen LogP contribution in [0, 0.1) is 0 Å². The van der Waals surface area contributed by atoms with Crippen LogP contribution in [-0.4, -0.2) is 48.3 Å². The van der Waals surface area contributed by atoms with Crippen molar-refractivity contribution in [2.24, 2.45) is 0 Å². The number of fused-ring (bicyclic) bond motifs is 2. The number of benzene rings is 1. The van der Waals surface area contributed by atoms with Gasteiger partial charge in [-0.1, -0.05) is 30.3 Å². The minimum absolute atomic E-state index is 0.200. The van der Waals surface area contributed by atoms with Gasteiger partial charge in [0.1, 0.15) is 0 Å². The molecule has 2 saturated heterocycles. The molecule has 2 heterocycles. The van der Waals surface area contributed by atoms with Crippen LogP contribution in [0.5, 0.6) is 0 Å². The summed E-state index contributed by atoms with van der Waals surface area (Å²) in [5.74, 6) is -0.529. The molecule has 2 aliphatic heterocycles. The topological polar surface area (TPSA) is 67.9 Å². The average molecular weight is 290 g/mol. The molecule has 1 aromatic rings. The van der Waals surface area contributed by atoms with Gasteiger partial charge in [0.15, 0.2) is 18.5 Å². The van der Waals surface area contributed by atoms with E-state index in [0.29, 0.717) is 6.54 Å². The number of carbonyl (C=O) groups is 2. The Balaban J connectivity index is 1.81. The summed E-state index contributed by atoms with van der Waals surface area (Å²) in [6.07, 6.45) is -2.27. The van der Waals surface area contributed by atoms with Crippen molar-refractivity contribution in [1.82, 2.24) is 10.2 Å². The van der Waals surface area contributed by atoms with E-state index in [2.05, 4.69) is 5.32 Å². The Morgan fingerprint density at radius 2 is 2.00 bits per heavy atom. The first-order valence-electron chi connectivity index (χ1n) is 6.98. The lowest BCUT2D eigenvalue weighted by Crippen LogP contribution is -2.54. The van der Waals surface area contributed by atoms with Crippen LogP contribution in [0.2, 0.25) is 0 Å². The molecule has 0 unspecified atom stereocenters. The fourth-order valence-corrected chi connectivity index (χ4v) is 2.73. The lowest BCUT2D eigenvalue weighted by Gasteiger charge is -2.36. The van der Waals surface area contributed by atoms with Crippen LogP contribution < -0.4 is 5.32 Å². The van der Waals surface area contributed by atoms with Crippen molar-refractivity contribution in [2.45, 2.75) is 38.0 Å². The zero-order valence-corrected chi connectivity index (χ0v) is 12.0. The van der Waals surface area contributed by atoms with Gasteiger partial charge in [-0.2, -0.15) is 0 Å². The van der Waals surface area contributed by atoms with Crippen molar-refractivity contribution < 1.29 is 19.1 Å². The Morgan fingerprint density at radius 1 is 1.29 bits per heavy atom. The number of rotatable bonds is 3. The maximum atomic E-state index is 12.6. The Morgan fingerprint density at radius 3 is 2.67 bits per heavy atom. The van der Waals surface area contributed by atoms with Crippen LogP contribution in [0.3, 0.4) is 0 Å². The first kappa shape index (κ1) is 14.0. The molecule has 2 amide bonds. The molecule has 0 aliphatic carbocycles. The van der Waals surface area contributed by atoms with Crippen molar-refractivity contribution in [3.63, 3.8) is 0 Å². The molecule has 0 saturated carbocycles. The van der Waals surface area contributed by atoms with Crippen LogP contribution in [0.25, 0.3) is 0 Å². The lowest BCUT2D eigenvalue weighted by atomic mass is 10.1. The van der Waals surface area contributed by atoms with Crippen molar-refractivity contribution in [2.75, 3.05) is 7.05 Å². The van der Waals surface area contributed by atoms with Crippen molar-refractivity contribution >= 4 is 11.8 Å². The molecule has 1 N–H and O–H groups in total. The number of nitrogens with zero attached hydrogens (tertiary/aromatic N) is 1. The molecule has 2 fully saturated rings. The minimum Gasteiger partial charge on any atom is -0.357 e. The summed E-state index contributed by atoms with van der Waals surface area (Å²) in [6, 6.07) is 9.50. The molecule has 0 aromatic heterocycles. The number of carbonyl (C=O) groups excluding carboxylic acids is 2. The molecular weight excluding hydrogens is 272 g/mol. The van der Waals surface area contributed by atoms with Gasteiger partial charge in [-0.25, -0.2) is 0 Å². The minimum atomic E-state index is -0.865. The summed E-state index contributed by atoms with van der Waals surface area (Å²) in [5.41, 5.74) is 1.04. The Bertz CT molecular complexity index is 548. The fourth-order valence-electron chi connectivity index (χ4n) is 2.73. The second-order valence-electron chi connectivity index (χ2n) is 5.29. The normalized spacial score (nSPS) is 31.3. The molecule has 0 radical (unpaired) electrons. The van der Waals surface area contributed by atoms with Crippen molar-refractivity contribution in [1.29, 1.82) is 0 Å². The number of ether oxygens (including phenoxy) is 2. The van der Waals surface area contributed by atoms with Gasteiger partial charge in [-0.15, -0.1) is 0 Å². The molecule has 21 heavy (non-hydrogen) atoms. The third-order valence-electron chi connectivity index (χ3n) is 3.95. The summed E-state index contributed by atoms with van der Waals surface area (Å²) >= 11 is 0. The second-order valence-corrected chi connectivity index (χ2v) is 5.29. The Kier molecular flexibility index (Phi) is 3.65. The van der Waals surface area contributed by atoms with E-state index in [0.717, 1.165) is 5.56 Å². The maximum absolute atomic E-state index is 12.6. The predicted molar refractivity (Wildman–Crippen MR) is 74.1 cm³/mol. The van der Waals surface area contributed by atoms with Gasteiger partial charge < -0.3 is 19.7 Å². The van der Waals surface area contributed by atoms with Gasteiger partial charge in [0, 0.05) is 13.6 Å². The van der Waals surface area contributed by atoms with E-state index >= 15 is 0 Å². The zero-order chi connectivity index (χ0) is 15.0.